The number of sulfone groups is 1. The van der Waals surface area contributed by atoms with E-state index in [0.717, 1.165) is 11.1 Å². The van der Waals surface area contributed by atoms with Gasteiger partial charge in [0.25, 0.3) is 5.91 Å². The van der Waals surface area contributed by atoms with E-state index in [2.05, 4.69) is 10.4 Å². The third-order valence-electron chi connectivity index (χ3n) is 4.97. The van der Waals surface area contributed by atoms with Gasteiger partial charge in [-0.2, -0.15) is 5.10 Å². The number of hydrogen-bond donors (Lipinski definition) is 1. The Morgan fingerprint density at radius 1 is 1.29 bits per heavy atom. The van der Waals surface area contributed by atoms with Crippen molar-refractivity contribution in [2.24, 2.45) is 0 Å². The van der Waals surface area contributed by atoms with Gasteiger partial charge in [-0.1, -0.05) is 41.4 Å². The summed E-state index contributed by atoms with van der Waals surface area (Å²) in [5, 5.41) is 7.27. The first-order chi connectivity index (χ1) is 14.6. The second-order valence-electron chi connectivity index (χ2n) is 7.49. The number of nitrogens with zero attached hydrogens (tertiary/aromatic N) is 2. The standard InChI is InChI=1S/C21H24ClN3O5S/c1-14-3-5-16(6-4-14)11-23-19(26)12-30-20(27)8-7-18-15(2)24-25(21(18)22)17-9-10-31(28,29)13-17/h3-8,17H,9-13H2,1-2H3,(H,23,26)/b8-7+/t17-/m0/s1. The van der Waals surface area contributed by atoms with E-state index in [-0.39, 0.29) is 22.7 Å². The summed E-state index contributed by atoms with van der Waals surface area (Å²) < 4.78 is 29.9. The van der Waals surface area contributed by atoms with Crippen molar-refractivity contribution < 1.29 is 22.7 Å². The molecule has 10 heteroatoms. The van der Waals surface area contributed by atoms with Crippen LogP contribution in [0.25, 0.3) is 6.08 Å². The maximum Gasteiger partial charge on any atom is 0.331 e. The molecule has 3 rings (SSSR count). The number of carbonyl (C=O) groups excluding carboxylic acids is 2. The van der Waals surface area contributed by atoms with Crippen molar-refractivity contribution in [3.8, 4) is 0 Å². The van der Waals surface area contributed by atoms with Gasteiger partial charge in [-0.05, 0) is 31.9 Å². The number of aryl methyl sites for hydroxylation is 2. The Bertz CT molecular complexity index is 1110. The fraction of sp³-hybridized carbons (Fsp3) is 0.381. The van der Waals surface area contributed by atoms with Crippen LogP contribution in [0.5, 0.6) is 0 Å². The van der Waals surface area contributed by atoms with E-state index >= 15 is 0 Å². The van der Waals surface area contributed by atoms with Crippen LogP contribution in [0.2, 0.25) is 5.15 Å². The highest BCUT2D eigenvalue weighted by Gasteiger charge is 2.31. The molecule has 1 atom stereocenters. The van der Waals surface area contributed by atoms with E-state index < -0.39 is 28.3 Å². The lowest BCUT2D eigenvalue weighted by molar-refractivity contribution is -0.143. The Labute approximate surface area is 186 Å². The number of ether oxygens (including phenoxy) is 1. The molecule has 1 amide bonds. The molecule has 31 heavy (non-hydrogen) atoms. The van der Waals surface area contributed by atoms with E-state index in [4.69, 9.17) is 16.3 Å². The van der Waals surface area contributed by atoms with Crippen LogP contribution in [0.3, 0.4) is 0 Å². The average molecular weight is 466 g/mol. The molecule has 1 aromatic heterocycles. The minimum absolute atomic E-state index is 0.00324. The molecule has 1 aromatic carbocycles. The molecule has 2 heterocycles. The van der Waals surface area contributed by atoms with E-state index in [1.807, 2.05) is 31.2 Å². The Morgan fingerprint density at radius 3 is 2.65 bits per heavy atom. The zero-order valence-electron chi connectivity index (χ0n) is 17.3. The molecule has 0 saturated carbocycles. The largest absolute Gasteiger partial charge is 0.452 e. The van der Waals surface area contributed by atoms with Gasteiger partial charge in [-0.15, -0.1) is 0 Å². The highest BCUT2D eigenvalue weighted by molar-refractivity contribution is 7.91. The first-order valence-corrected chi connectivity index (χ1v) is 12.0. The molecule has 2 aromatic rings. The number of halogens is 1. The molecule has 1 aliphatic heterocycles. The van der Waals surface area contributed by atoms with E-state index in [9.17, 15) is 18.0 Å². The number of nitrogens with one attached hydrogen (secondary N) is 1. The zero-order valence-corrected chi connectivity index (χ0v) is 18.9. The number of amides is 1. The first kappa shape index (κ1) is 23.0. The maximum absolute atomic E-state index is 12.0. The molecular weight excluding hydrogens is 442 g/mol. The molecule has 1 N–H and O–H groups in total. The van der Waals surface area contributed by atoms with E-state index in [1.54, 1.807) is 6.92 Å². The Kier molecular flexibility index (Phi) is 7.17. The lowest BCUT2D eigenvalue weighted by Crippen LogP contribution is -2.28. The van der Waals surface area contributed by atoms with Crippen molar-refractivity contribution in [3.05, 3.63) is 57.9 Å². The lowest BCUT2D eigenvalue weighted by atomic mass is 10.1. The van der Waals surface area contributed by atoms with E-state index in [0.29, 0.717) is 24.2 Å². The average Bonchev–Trinajstić information content (AvgIpc) is 3.22. The maximum atomic E-state index is 12.0. The molecule has 0 spiro atoms. The van der Waals surface area contributed by atoms with Gasteiger partial charge in [0.2, 0.25) is 0 Å². The van der Waals surface area contributed by atoms with Crippen LogP contribution >= 0.6 is 11.6 Å². The highest BCUT2D eigenvalue weighted by Crippen LogP contribution is 2.30. The molecule has 1 saturated heterocycles. The summed E-state index contributed by atoms with van der Waals surface area (Å²) in [6.07, 6.45) is 3.07. The summed E-state index contributed by atoms with van der Waals surface area (Å²) in [4.78, 5) is 23.8. The summed E-state index contributed by atoms with van der Waals surface area (Å²) in [7, 11) is -3.08. The third kappa shape index (κ3) is 6.18. The Morgan fingerprint density at radius 2 is 2.00 bits per heavy atom. The van der Waals surface area contributed by atoms with Crippen molar-refractivity contribution in [1.82, 2.24) is 15.1 Å². The molecule has 0 aliphatic carbocycles. The molecule has 8 nitrogen and oxygen atoms in total. The van der Waals surface area contributed by atoms with Crippen LogP contribution in [-0.4, -0.2) is 48.2 Å². The molecule has 0 unspecified atom stereocenters. The van der Waals surface area contributed by atoms with Gasteiger partial charge < -0.3 is 10.1 Å². The number of benzene rings is 1. The molecular formula is C21H24ClN3O5S. The summed E-state index contributed by atoms with van der Waals surface area (Å²) in [5.41, 5.74) is 3.15. The van der Waals surface area contributed by atoms with Crippen LogP contribution in [0.4, 0.5) is 0 Å². The monoisotopic (exact) mass is 465 g/mol. The van der Waals surface area contributed by atoms with Gasteiger partial charge >= 0.3 is 5.97 Å². The predicted molar refractivity (Wildman–Crippen MR) is 117 cm³/mol. The summed E-state index contributed by atoms with van der Waals surface area (Å²) >= 11 is 6.36. The van der Waals surface area contributed by atoms with Gasteiger partial charge in [-0.25, -0.2) is 17.9 Å². The van der Waals surface area contributed by atoms with Gasteiger partial charge in [0.1, 0.15) is 5.15 Å². The predicted octanol–water partition coefficient (Wildman–Crippen LogP) is 2.39. The number of esters is 1. The van der Waals surface area contributed by atoms with Crippen molar-refractivity contribution >= 4 is 39.4 Å². The minimum atomic E-state index is -3.08. The SMILES string of the molecule is Cc1ccc(CNC(=O)COC(=O)/C=C/c2c(C)nn([C@H]3CCS(=O)(=O)C3)c2Cl)cc1. The summed E-state index contributed by atoms with van der Waals surface area (Å²) in [6, 6.07) is 7.41. The van der Waals surface area contributed by atoms with Gasteiger partial charge in [0.15, 0.2) is 16.4 Å². The summed E-state index contributed by atoms with van der Waals surface area (Å²) in [5.74, 6) is -1.00. The number of carbonyl (C=O) groups is 2. The molecule has 0 bridgehead atoms. The van der Waals surface area contributed by atoms with Crippen molar-refractivity contribution in [2.75, 3.05) is 18.1 Å². The normalized spacial score (nSPS) is 17.7. The lowest BCUT2D eigenvalue weighted by Gasteiger charge is -2.09. The van der Waals surface area contributed by atoms with Crippen LogP contribution < -0.4 is 5.32 Å². The smallest absolute Gasteiger partial charge is 0.331 e. The van der Waals surface area contributed by atoms with Crippen molar-refractivity contribution in [3.63, 3.8) is 0 Å². The number of rotatable bonds is 7. The topological polar surface area (TPSA) is 107 Å². The Balaban J connectivity index is 1.51. The fourth-order valence-electron chi connectivity index (χ4n) is 3.23. The van der Waals surface area contributed by atoms with Crippen molar-refractivity contribution in [1.29, 1.82) is 0 Å². The van der Waals surface area contributed by atoms with Gasteiger partial charge in [-0.3, -0.25) is 4.79 Å². The van der Waals surface area contributed by atoms with E-state index in [1.165, 1.54) is 16.8 Å². The quantitative estimate of drug-likeness (QED) is 0.497. The van der Waals surface area contributed by atoms with Crippen LogP contribution in [0, 0.1) is 13.8 Å². The Hall–Kier alpha value is -2.65. The summed E-state index contributed by atoms with van der Waals surface area (Å²) in [6.45, 7) is 3.64. The third-order valence-corrected chi connectivity index (χ3v) is 7.09. The van der Waals surface area contributed by atoms with Crippen LogP contribution in [0.1, 0.15) is 34.8 Å². The molecule has 1 fully saturated rings. The first-order valence-electron chi connectivity index (χ1n) is 9.77. The van der Waals surface area contributed by atoms with Gasteiger partial charge in [0, 0.05) is 18.2 Å². The number of aromatic nitrogens is 2. The molecule has 166 valence electrons. The second-order valence-corrected chi connectivity index (χ2v) is 10.1. The zero-order chi connectivity index (χ0) is 22.6. The minimum Gasteiger partial charge on any atom is -0.452 e. The highest BCUT2D eigenvalue weighted by atomic mass is 35.5. The van der Waals surface area contributed by atoms with Crippen molar-refractivity contribution in [2.45, 2.75) is 32.9 Å². The fourth-order valence-corrected chi connectivity index (χ4v) is 5.29. The molecule has 1 aliphatic rings. The van der Waals surface area contributed by atoms with Crippen LogP contribution in [-0.2, 0) is 30.7 Å². The van der Waals surface area contributed by atoms with Crippen LogP contribution in [0.15, 0.2) is 30.3 Å². The van der Waals surface area contributed by atoms with Gasteiger partial charge in [0.05, 0.1) is 23.2 Å². The second kappa shape index (κ2) is 9.65. The molecule has 0 radical (unpaired) electrons. The number of hydrogen-bond acceptors (Lipinski definition) is 6.